The third-order valence-corrected chi connectivity index (χ3v) is 7.72. The quantitative estimate of drug-likeness (QED) is 0.551. The van der Waals surface area contributed by atoms with Crippen molar-refractivity contribution in [1.29, 1.82) is 0 Å². The number of para-hydroxylation sites is 2. The minimum Gasteiger partial charge on any atom is -0.490 e. The molecule has 0 bridgehead atoms. The number of nitrogens with one attached hydrogen (secondary N) is 2. The van der Waals surface area contributed by atoms with E-state index in [2.05, 4.69) is 10.9 Å². The van der Waals surface area contributed by atoms with Crippen molar-refractivity contribution in [3.8, 4) is 11.5 Å². The molecule has 34 heavy (non-hydrogen) atoms. The molecule has 0 saturated carbocycles. The molecular formula is C24H31N3O6S. The molecule has 184 valence electrons. The molecule has 0 aromatic heterocycles. The van der Waals surface area contributed by atoms with Gasteiger partial charge in [-0.2, -0.15) is 4.31 Å². The molecule has 0 spiro atoms. The zero-order valence-electron chi connectivity index (χ0n) is 19.9. The lowest BCUT2D eigenvalue weighted by atomic mass is 10.1. The van der Waals surface area contributed by atoms with Crippen LogP contribution in [0.2, 0.25) is 0 Å². The molecule has 2 aromatic rings. The molecule has 1 saturated heterocycles. The monoisotopic (exact) mass is 489 g/mol. The second-order valence-corrected chi connectivity index (χ2v) is 10.0. The van der Waals surface area contributed by atoms with Crippen LogP contribution in [0.5, 0.6) is 11.5 Å². The van der Waals surface area contributed by atoms with Crippen molar-refractivity contribution in [2.75, 3.05) is 19.8 Å². The summed E-state index contributed by atoms with van der Waals surface area (Å²) in [4.78, 5) is 25.2. The number of carbonyl (C=O) groups is 2. The maximum absolute atomic E-state index is 13.4. The highest BCUT2D eigenvalue weighted by Gasteiger charge is 2.40. The minimum absolute atomic E-state index is 0.225. The van der Waals surface area contributed by atoms with Gasteiger partial charge in [0.2, 0.25) is 10.0 Å². The highest BCUT2D eigenvalue weighted by Crippen LogP contribution is 2.30. The largest absolute Gasteiger partial charge is 0.490 e. The molecular weight excluding hydrogens is 458 g/mol. The fourth-order valence-corrected chi connectivity index (χ4v) is 6.29. The molecule has 10 heteroatoms. The lowest BCUT2D eigenvalue weighted by Crippen LogP contribution is -2.52. The summed E-state index contributed by atoms with van der Waals surface area (Å²) >= 11 is 0. The zero-order chi connectivity index (χ0) is 24.9. The Morgan fingerprint density at radius 2 is 1.65 bits per heavy atom. The van der Waals surface area contributed by atoms with Crippen LogP contribution in [0, 0.1) is 20.8 Å². The van der Waals surface area contributed by atoms with Crippen molar-refractivity contribution >= 4 is 21.8 Å². The van der Waals surface area contributed by atoms with E-state index >= 15 is 0 Å². The van der Waals surface area contributed by atoms with E-state index in [0.29, 0.717) is 42.1 Å². The van der Waals surface area contributed by atoms with Gasteiger partial charge in [0.1, 0.15) is 6.04 Å². The Labute approximate surface area is 200 Å². The van der Waals surface area contributed by atoms with Crippen LogP contribution in [0.25, 0.3) is 0 Å². The second-order valence-electron chi connectivity index (χ2n) is 8.21. The summed E-state index contributed by atoms with van der Waals surface area (Å²) in [6, 6.07) is 9.66. The van der Waals surface area contributed by atoms with Crippen LogP contribution in [0.3, 0.4) is 0 Å². The molecule has 2 amide bonds. The van der Waals surface area contributed by atoms with E-state index in [1.807, 2.05) is 26.0 Å². The Kier molecular flexibility index (Phi) is 8.16. The van der Waals surface area contributed by atoms with E-state index in [4.69, 9.17) is 9.47 Å². The number of carbonyl (C=O) groups excluding carboxylic acids is 2. The van der Waals surface area contributed by atoms with Crippen LogP contribution in [0.15, 0.2) is 41.3 Å². The minimum atomic E-state index is -3.88. The number of hydrazine groups is 1. The summed E-state index contributed by atoms with van der Waals surface area (Å²) in [6.45, 7) is 7.59. The Balaban J connectivity index is 1.62. The number of hydrogen-bond acceptors (Lipinski definition) is 6. The molecule has 0 radical (unpaired) electrons. The normalized spacial score (nSPS) is 16.2. The summed E-state index contributed by atoms with van der Waals surface area (Å²) in [5, 5.41) is 0. The standard InChI is InChI=1S/C24H31N3O6S/c1-5-32-20-10-6-7-11-21(20)33-15-22(28)25-26-24(29)19-9-8-12-27(19)34(30,31)23-17(3)13-16(2)14-18(23)4/h6-7,10-11,13-14,19H,5,8-9,12,15H2,1-4H3,(H,25,28)(H,26,29). The zero-order valence-corrected chi connectivity index (χ0v) is 20.7. The van der Waals surface area contributed by atoms with Gasteiger partial charge < -0.3 is 9.47 Å². The average Bonchev–Trinajstić information content (AvgIpc) is 3.27. The van der Waals surface area contributed by atoms with Crippen molar-refractivity contribution in [3.63, 3.8) is 0 Å². The lowest BCUT2D eigenvalue weighted by Gasteiger charge is -2.25. The molecule has 1 fully saturated rings. The fraction of sp³-hybridized carbons (Fsp3) is 0.417. The van der Waals surface area contributed by atoms with Gasteiger partial charge in [-0.3, -0.25) is 20.4 Å². The van der Waals surface area contributed by atoms with Crippen molar-refractivity contribution in [1.82, 2.24) is 15.2 Å². The molecule has 1 aliphatic rings. The molecule has 1 aliphatic heterocycles. The Bertz CT molecular complexity index is 1140. The Hall–Kier alpha value is -3.11. The van der Waals surface area contributed by atoms with Crippen LogP contribution >= 0.6 is 0 Å². The topological polar surface area (TPSA) is 114 Å². The van der Waals surface area contributed by atoms with Crippen LogP contribution in [-0.4, -0.2) is 50.3 Å². The van der Waals surface area contributed by atoms with E-state index in [0.717, 1.165) is 5.56 Å². The van der Waals surface area contributed by atoms with Crippen LogP contribution in [-0.2, 0) is 19.6 Å². The first kappa shape index (κ1) is 25.5. The van der Waals surface area contributed by atoms with Gasteiger partial charge in [0.05, 0.1) is 11.5 Å². The first-order valence-electron chi connectivity index (χ1n) is 11.2. The van der Waals surface area contributed by atoms with Crippen molar-refractivity contribution in [3.05, 3.63) is 53.1 Å². The molecule has 1 atom stereocenters. The van der Waals surface area contributed by atoms with Gasteiger partial charge in [-0.05, 0) is 63.8 Å². The number of amides is 2. The van der Waals surface area contributed by atoms with Gasteiger partial charge in [-0.1, -0.05) is 29.8 Å². The molecule has 9 nitrogen and oxygen atoms in total. The predicted octanol–water partition coefficient (Wildman–Crippen LogP) is 2.39. The SMILES string of the molecule is CCOc1ccccc1OCC(=O)NNC(=O)C1CCCN1S(=O)(=O)c1c(C)cc(C)cc1C. The summed E-state index contributed by atoms with van der Waals surface area (Å²) in [6.07, 6.45) is 0.912. The van der Waals surface area contributed by atoms with Crippen LogP contribution in [0.1, 0.15) is 36.5 Å². The first-order chi connectivity index (χ1) is 16.1. The maximum atomic E-state index is 13.4. The van der Waals surface area contributed by atoms with Gasteiger partial charge in [0.25, 0.3) is 11.8 Å². The van der Waals surface area contributed by atoms with Crippen molar-refractivity contribution < 1.29 is 27.5 Å². The highest BCUT2D eigenvalue weighted by molar-refractivity contribution is 7.89. The molecule has 1 unspecified atom stereocenters. The van der Waals surface area contributed by atoms with E-state index in [-0.39, 0.29) is 18.0 Å². The number of benzene rings is 2. The number of sulfonamides is 1. The second kappa shape index (κ2) is 10.9. The number of nitrogens with zero attached hydrogens (tertiary/aromatic N) is 1. The molecule has 2 aromatic carbocycles. The van der Waals surface area contributed by atoms with Gasteiger partial charge in [-0.15, -0.1) is 0 Å². The average molecular weight is 490 g/mol. The van der Waals surface area contributed by atoms with Crippen molar-refractivity contribution in [2.45, 2.75) is 51.5 Å². The Morgan fingerprint density at radius 1 is 1.03 bits per heavy atom. The third kappa shape index (κ3) is 5.68. The number of ether oxygens (including phenoxy) is 2. The summed E-state index contributed by atoms with van der Waals surface area (Å²) in [7, 11) is -3.88. The lowest BCUT2D eigenvalue weighted by molar-refractivity contribution is -0.131. The number of hydrogen-bond donors (Lipinski definition) is 2. The maximum Gasteiger partial charge on any atom is 0.276 e. The first-order valence-corrected chi connectivity index (χ1v) is 12.6. The van der Waals surface area contributed by atoms with E-state index in [9.17, 15) is 18.0 Å². The molecule has 2 N–H and O–H groups in total. The number of aryl methyl sites for hydroxylation is 3. The van der Waals surface area contributed by atoms with Crippen LogP contribution in [0.4, 0.5) is 0 Å². The molecule has 0 aliphatic carbocycles. The van der Waals surface area contributed by atoms with Gasteiger partial charge in [0, 0.05) is 6.54 Å². The van der Waals surface area contributed by atoms with E-state index < -0.39 is 27.9 Å². The van der Waals surface area contributed by atoms with E-state index in [1.165, 1.54) is 4.31 Å². The van der Waals surface area contributed by atoms with E-state index in [1.54, 1.807) is 38.1 Å². The Morgan fingerprint density at radius 3 is 2.26 bits per heavy atom. The third-order valence-electron chi connectivity index (χ3n) is 5.51. The van der Waals surface area contributed by atoms with Gasteiger partial charge >= 0.3 is 0 Å². The highest BCUT2D eigenvalue weighted by atomic mass is 32.2. The summed E-state index contributed by atoms with van der Waals surface area (Å²) < 4.78 is 39.0. The number of rotatable bonds is 8. The fourth-order valence-electron chi connectivity index (χ4n) is 4.22. The van der Waals surface area contributed by atoms with Crippen LogP contribution < -0.4 is 20.3 Å². The van der Waals surface area contributed by atoms with Gasteiger partial charge in [0.15, 0.2) is 18.1 Å². The summed E-state index contributed by atoms with van der Waals surface area (Å²) in [5.41, 5.74) is 6.88. The molecule has 3 rings (SSSR count). The molecule has 1 heterocycles. The van der Waals surface area contributed by atoms with Crippen molar-refractivity contribution in [2.24, 2.45) is 0 Å². The predicted molar refractivity (Wildman–Crippen MR) is 127 cm³/mol. The summed E-state index contributed by atoms with van der Waals surface area (Å²) in [5.74, 6) is -0.262. The van der Waals surface area contributed by atoms with Gasteiger partial charge in [-0.25, -0.2) is 8.42 Å². The smallest absolute Gasteiger partial charge is 0.276 e.